The molecular formula is C12H14ClFN2O3. The second-order valence-electron chi connectivity index (χ2n) is 4.48. The van der Waals surface area contributed by atoms with E-state index in [2.05, 4.69) is 5.32 Å². The highest BCUT2D eigenvalue weighted by Gasteiger charge is 2.35. The largest absolute Gasteiger partial charge is 0.480 e. The number of carbonyl (C=O) groups excluding carboxylic acids is 1. The molecule has 7 heteroatoms. The molecule has 1 aromatic carbocycles. The van der Waals surface area contributed by atoms with Crippen LogP contribution in [0, 0.1) is 5.82 Å². The number of halogens is 2. The van der Waals surface area contributed by atoms with Gasteiger partial charge in [0, 0.05) is 12.1 Å². The molecule has 0 fully saturated rings. The number of benzene rings is 1. The molecule has 19 heavy (non-hydrogen) atoms. The van der Waals surface area contributed by atoms with Crippen molar-refractivity contribution < 1.29 is 19.1 Å². The highest BCUT2D eigenvalue weighted by molar-refractivity contribution is 6.30. The van der Waals surface area contributed by atoms with Crippen LogP contribution in [-0.4, -0.2) is 34.6 Å². The van der Waals surface area contributed by atoms with Gasteiger partial charge >= 0.3 is 12.0 Å². The van der Waals surface area contributed by atoms with E-state index in [1.54, 1.807) is 0 Å². The number of carbonyl (C=O) groups is 2. The Bertz CT molecular complexity index is 520. The number of hydrogen-bond donors (Lipinski definition) is 2. The maximum Gasteiger partial charge on any atom is 0.329 e. The molecule has 0 saturated carbocycles. The van der Waals surface area contributed by atoms with Gasteiger partial charge in [-0.05, 0) is 32.0 Å². The summed E-state index contributed by atoms with van der Waals surface area (Å²) in [5.41, 5.74) is -1.52. The van der Waals surface area contributed by atoms with E-state index >= 15 is 0 Å². The lowest BCUT2D eigenvalue weighted by molar-refractivity contribution is -0.146. The number of rotatable bonds is 3. The number of urea groups is 1. The van der Waals surface area contributed by atoms with Crippen molar-refractivity contribution in [3.05, 3.63) is 29.0 Å². The van der Waals surface area contributed by atoms with Crippen molar-refractivity contribution in [1.82, 2.24) is 4.90 Å². The third-order valence-electron chi connectivity index (χ3n) is 2.84. The van der Waals surface area contributed by atoms with Crippen LogP contribution in [0.25, 0.3) is 0 Å². The number of carboxylic acids is 1. The summed E-state index contributed by atoms with van der Waals surface area (Å²) in [6.45, 7) is 2.73. The quantitative estimate of drug-likeness (QED) is 0.898. The first-order valence-electron chi connectivity index (χ1n) is 5.39. The minimum Gasteiger partial charge on any atom is -0.480 e. The van der Waals surface area contributed by atoms with Crippen molar-refractivity contribution in [3.63, 3.8) is 0 Å². The van der Waals surface area contributed by atoms with Crippen LogP contribution in [0.5, 0.6) is 0 Å². The lowest BCUT2D eigenvalue weighted by Crippen LogP contribution is -2.52. The van der Waals surface area contributed by atoms with E-state index in [1.165, 1.54) is 33.0 Å². The fraction of sp³-hybridized carbons (Fsp3) is 0.333. The topological polar surface area (TPSA) is 69.6 Å². The zero-order valence-corrected chi connectivity index (χ0v) is 11.5. The molecule has 0 aromatic heterocycles. The lowest BCUT2D eigenvalue weighted by atomic mass is 10.1. The summed E-state index contributed by atoms with van der Waals surface area (Å²) in [7, 11) is 1.31. The molecular weight excluding hydrogens is 275 g/mol. The predicted molar refractivity (Wildman–Crippen MR) is 69.9 cm³/mol. The van der Waals surface area contributed by atoms with Crippen molar-refractivity contribution >= 4 is 29.3 Å². The first-order valence-corrected chi connectivity index (χ1v) is 5.77. The zero-order valence-electron chi connectivity index (χ0n) is 10.7. The Morgan fingerprint density at radius 3 is 2.53 bits per heavy atom. The van der Waals surface area contributed by atoms with Gasteiger partial charge in [-0.2, -0.15) is 0 Å². The van der Waals surface area contributed by atoms with Gasteiger partial charge in [-0.15, -0.1) is 0 Å². The summed E-state index contributed by atoms with van der Waals surface area (Å²) < 4.78 is 13.4. The van der Waals surface area contributed by atoms with Crippen LogP contribution in [0.3, 0.4) is 0 Å². The number of nitrogens with one attached hydrogen (secondary N) is 1. The Kier molecular flexibility index (Phi) is 4.36. The van der Waals surface area contributed by atoms with Crippen LogP contribution in [0.1, 0.15) is 13.8 Å². The molecule has 0 radical (unpaired) electrons. The highest BCUT2D eigenvalue weighted by Crippen LogP contribution is 2.21. The lowest BCUT2D eigenvalue weighted by Gasteiger charge is -2.31. The summed E-state index contributed by atoms with van der Waals surface area (Å²) in [4.78, 5) is 23.9. The van der Waals surface area contributed by atoms with E-state index in [4.69, 9.17) is 16.7 Å². The second-order valence-corrected chi connectivity index (χ2v) is 4.91. The molecule has 0 aliphatic heterocycles. The minimum atomic E-state index is -1.42. The van der Waals surface area contributed by atoms with Crippen LogP contribution in [0.15, 0.2) is 18.2 Å². The summed E-state index contributed by atoms with van der Waals surface area (Å²) in [5, 5.41) is 11.5. The number of aliphatic carboxylic acids is 1. The number of likely N-dealkylation sites (N-methyl/N-ethyl adjacent to an activating group) is 1. The Morgan fingerprint density at radius 1 is 1.42 bits per heavy atom. The van der Waals surface area contributed by atoms with Crippen molar-refractivity contribution in [2.24, 2.45) is 0 Å². The van der Waals surface area contributed by atoms with Crippen LogP contribution < -0.4 is 5.32 Å². The molecule has 1 rings (SSSR count). The number of carboxylic acid groups (broad SMARTS) is 1. The molecule has 5 nitrogen and oxygen atoms in total. The van der Waals surface area contributed by atoms with E-state index in [1.807, 2.05) is 0 Å². The van der Waals surface area contributed by atoms with Gasteiger partial charge < -0.3 is 15.3 Å². The number of nitrogens with zero attached hydrogens (tertiary/aromatic N) is 1. The van der Waals surface area contributed by atoms with E-state index in [-0.39, 0.29) is 10.7 Å². The summed E-state index contributed by atoms with van der Waals surface area (Å²) in [6.07, 6.45) is 0. The fourth-order valence-electron chi connectivity index (χ4n) is 1.19. The Hall–Kier alpha value is -1.82. The predicted octanol–water partition coefficient (Wildman–Crippen LogP) is 2.81. The molecule has 104 valence electrons. The molecule has 2 amide bonds. The molecule has 0 spiro atoms. The van der Waals surface area contributed by atoms with Gasteiger partial charge in [0.25, 0.3) is 0 Å². The van der Waals surface area contributed by atoms with E-state index in [9.17, 15) is 14.0 Å². The van der Waals surface area contributed by atoms with Gasteiger partial charge in [0.1, 0.15) is 11.4 Å². The minimum absolute atomic E-state index is 0.106. The van der Waals surface area contributed by atoms with Gasteiger partial charge in [0.05, 0.1) is 5.69 Å². The molecule has 0 aliphatic rings. The van der Waals surface area contributed by atoms with Gasteiger partial charge in [-0.3, -0.25) is 0 Å². The normalized spacial score (nSPS) is 11.0. The number of amides is 2. The third-order valence-corrected chi connectivity index (χ3v) is 3.07. The maximum atomic E-state index is 13.4. The Morgan fingerprint density at radius 2 is 2.00 bits per heavy atom. The van der Waals surface area contributed by atoms with Crippen molar-refractivity contribution in [2.75, 3.05) is 12.4 Å². The van der Waals surface area contributed by atoms with E-state index in [0.29, 0.717) is 0 Å². The zero-order chi connectivity index (χ0) is 14.8. The molecule has 2 N–H and O–H groups in total. The standard InChI is InChI=1S/C12H14ClFN2O3/c1-12(2,10(17)18)16(3)11(19)15-9-6-7(13)4-5-8(9)14/h4-6H,1-3H3,(H,15,19)(H,17,18). The van der Waals surface area contributed by atoms with Gasteiger partial charge in [-0.1, -0.05) is 11.6 Å². The highest BCUT2D eigenvalue weighted by atomic mass is 35.5. The second kappa shape index (κ2) is 5.44. The van der Waals surface area contributed by atoms with Crippen molar-refractivity contribution in [2.45, 2.75) is 19.4 Å². The monoisotopic (exact) mass is 288 g/mol. The average Bonchev–Trinajstić information content (AvgIpc) is 2.32. The Labute approximate surface area is 115 Å². The van der Waals surface area contributed by atoms with Gasteiger partial charge in [-0.25, -0.2) is 14.0 Å². The molecule has 0 aliphatic carbocycles. The van der Waals surface area contributed by atoms with Gasteiger partial charge in [0.2, 0.25) is 0 Å². The van der Waals surface area contributed by atoms with Crippen molar-refractivity contribution in [1.29, 1.82) is 0 Å². The summed E-state index contributed by atoms with van der Waals surface area (Å²) >= 11 is 5.69. The summed E-state index contributed by atoms with van der Waals surface area (Å²) in [5.74, 6) is -1.82. The summed E-state index contributed by atoms with van der Waals surface area (Å²) in [6, 6.07) is 2.96. The third kappa shape index (κ3) is 3.35. The molecule has 0 atom stereocenters. The van der Waals surface area contributed by atoms with Crippen molar-refractivity contribution in [3.8, 4) is 0 Å². The van der Waals surface area contributed by atoms with Gasteiger partial charge in [0.15, 0.2) is 0 Å². The molecule has 1 aromatic rings. The van der Waals surface area contributed by atoms with Crippen LogP contribution in [0.2, 0.25) is 5.02 Å². The first-order chi connectivity index (χ1) is 8.66. The molecule has 0 heterocycles. The maximum absolute atomic E-state index is 13.4. The SMILES string of the molecule is CN(C(=O)Nc1cc(Cl)ccc1F)C(C)(C)C(=O)O. The average molecular weight is 289 g/mol. The number of anilines is 1. The molecule has 0 unspecified atom stereocenters. The fourth-order valence-corrected chi connectivity index (χ4v) is 1.36. The van der Waals surface area contributed by atoms with Crippen LogP contribution in [0.4, 0.5) is 14.9 Å². The molecule has 0 saturated heterocycles. The van der Waals surface area contributed by atoms with E-state index in [0.717, 1.165) is 11.0 Å². The molecule has 0 bridgehead atoms. The number of hydrogen-bond acceptors (Lipinski definition) is 2. The first kappa shape index (κ1) is 15.2. The van der Waals surface area contributed by atoms with E-state index < -0.39 is 23.4 Å². The van der Waals surface area contributed by atoms with Crippen LogP contribution in [-0.2, 0) is 4.79 Å². The Balaban J connectivity index is 2.91. The smallest absolute Gasteiger partial charge is 0.329 e. The van der Waals surface area contributed by atoms with Crippen LogP contribution >= 0.6 is 11.6 Å².